The Morgan fingerprint density at radius 1 is 1.04 bits per heavy atom. The van der Waals surface area contributed by atoms with Gasteiger partial charge in [0, 0.05) is 4.88 Å². The molecule has 128 valence electrons. The Balaban J connectivity index is 1.70. The molecule has 1 aromatic heterocycles. The molecule has 25 heavy (non-hydrogen) atoms. The number of hydrogen-bond acceptors (Lipinski definition) is 3. The first kappa shape index (κ1) is 17.2. The van der Waals surface area contributed by atoms with E-state index in [4.69, 9.17) is 4.74 Å². The largest absolute Gasteiger partial charge is 0.483 e. The van der Waals surface area contributed by atoms with Crippen molar-refractivity contribution in [1.29, 1.82) is 0 Å². The molecule has 1 amide bonds. The molecule has 0 fully saturated rings. The Morgan fingerprint density at radius 2 is 1.84 bits per heavy atom. The van der Waals surface area contributed by atoms with E-state index in [2.05, 4.69) is 5.32 Å². The number of amides is 1. The van der Waals surface area contributed by atoms with Crippen LogP contribution >= 0.6 is 11.3 Å². The van der Waals surface area contributed by atoms with Crippen LogP contribution in [0.5, 0.6) is 5.75 Å². The Bertz CT molecular complexity index is 828. The highest BCUT2D eigenvalue weighted by atomic mass is 32.1. The van der Waals surface area contributed by atoms with Gasteiger partial charge in [0.05, 0.1) is 6.04 Å². The fourth-order valence-electron chi connectivity index (χ4n) is 2.65. The first-order valence-corrected chi connectivity index (χ1v) is 9.10. The van der Waals surface area contributed by atoms with Gasteiger partial charge in [-0.3, -0.25) is 4.79 Å². The number of carbonyl (C=O) groups excluding carboxylic acids is 1. The molecule has 1 heterocycles. The number of thiophene rings is 1. The summed E-state index contributed by atoms with van der Waals surface area (Å²) in [5.74, 6) is 0.616. The minimum atomic E-state index is -0.157. The van der Waals surface area contributed by atoms with E-state index in [1.54, 1.807) is 11.3 Å². The highest BCUT2D eigenvalue weighted by Crippen LogP contribution is 2.26. The highest BCUT2D eigenvalue weighted by Gasteiger charge is 2.18. The molecule has 1 N–H and O–H groups in total. The van der Waals surface area contributed by atoms with Gasteiger partial charge in [-0.2, -0.15) is 0 Å². The van der Waals surface area contributed by atoms with Crippen molar-refractivity contribution < 1.29 is 9.53 Å². The van der Waals surface area contributed by atoms with Crippen molar-refractivity contribution in [3.8, 4) is 5.75 Å². The molecule has 0 bridgehead atoms. The summed E-state index contributed by atoms with van der Waals surface area (Å²) in [6.07, 6.45) is 0. The summed E-state index contributed by atoms with van der Waals surface area (Å²) in [6.45, 7) is 4.03. The fraction of sp³-hybridized carbons (Fsp3) is 0.190. The summed E-state index contributed by atoms with van der Waals surface area (Å²) in [6, 6.07) is 19.7. The molecule has 0 saturated carbocycles. The molecule has 0 aliphatic heterocycles. The molecule has 0 spiro atoms. The van der Waals surface area contributed by atoms with Crippen LogP contribution in [0.3, 0.4) is 0 Å². The fourth-order valence-corrected chi connectivity index (χ4v) is 3.45. The zero-order chi connectivity index (χ0) is 17.6. The second kappa shape index (κ2) is 7.99. The standard InChI is InChI=1S/C21H21NO2S/c1-15-8-6-11-18(16(15)2)24-14-20(23)22-21(19-12-7-13-25-19)17-9-4-3-5-10-17/h3-13,21H,14H2,1-2H3,(H,22,23). The molecule has 1 atom stereocenters. The topological polar surface area (TPSA) is 38.3 Å². The van der Waals surface area contributed by atoms with Crippen molar-refractivity contribution in [1.82, 2.24) is 5.32 Å². The van der Waals surface area contributed by atoms with Gasteiger partial charge in [0.15, 0.2) is 6.61 Å². The van der Waals surface area contributed by atoms with Gasteiger partial charge >= 0.3 is 0 Å². The Hall–Kier alpha value is -2.59. The Morgan fingerprint density at radius 3 is 2.56 bits per heavy atom. The van der Waals surface area contributed by atoms with E-state index in [0.29, 0.717) is 0 Å². The highest BCUT2D eigenvalue weighted by molar-refractivity contribution is 7.10. The van der Waals surface area contributed by atoms with E-state index >= 15 is 0 Å². The lowest BCUT2D eigenvalue weighted by Gasteiger charge is -2.18. The van der Waals surface area contributed by atoms with Crippen LogP contribution in [0.15, 0.2) is 66.0 Å². The predicted octanol–water partition coefficient (Wildman–Crippen LogP) is 4.65. The van der Waals surface area contributed by atoms with Crippen molar-refractivity contribution >= 4 is 17.2 Å². The zero-order valence-electron chi connectivity index (χ0n) is 14.4. The van der Waals surface area contributed by atoms with Crippen molar-refractivity contribution in [2.75, 3.05) is 6.61 Å². The molecule has 4 heteroatoms. The summed E-state index contributed by atoms with van der Waals surface area (Å²) < 4.78 is 5.72. The van der Waals surface area contributed by atoms with Crippen LogP contribution in [-0.4, -0.2) is 12.5 Å². The van der Waals surface area contributed by atoms with Gasteiger partial charge in [-0.15, -0.1) is 11.3 Å². The average Bonchev–Trinajstić information content (AvgIpc) is 3.16. The van der Waals surface area contributed by atoms with E-state index in [0.717, 1.165) is 27.3 Å². The Kier molecular flexibility index (Phi) is 5.51. The van der Waals surface area contributed by atoms with E-state index in [-0.39, 0.29) is 18.6 Å². The third-order valence-corrected chi connectivity index (χ3v) is 5.12. The quantitative estimate of drug-likeness (QED) is 0.702. The van der Waals surface area contributed by atoms with Gasteiger partial charge in [-0.1, -0.05) is 48.5 Å². The van der Waals surface area contributed by atoms with E-state index in [1.165, 1.54) is 0 Å². The molecule has 3 nitrogen and oxygen atoms in total. The number of carbonyl (C=O) groups is 1. The molecular formula is C21H21NO2S. The van der Waals surface area contributed by atoms with Crippen LogP contribution in [0.25, 0.3) is 0 Å². The summed E-state index contributed by atoms with van der Waals surface area (Å²) in [7, 11) is 0. The third-order valence-electron chi connectivity index (χ3n) is 4.18. The van der Waals surface area contributed by atoms with Crippen LogP contribution in [0.2, 0.25) is 0 Å². The monoisotopic (exact) mass is 351 g/mol. The van der Waals surface area contributed by atoms with Crippen molar-refractivity contribution in [2.24, 2.45) is 0 Å². The van der Waals surface area contributed by atoms with Gasteiger partial charge in [-0.25, -0.2) is 0 Å². The molecular weight excluding hydrogens is 330 g/mol. The number of nitrogens with one attached hydrogen (secondary N) is 1. The minimum Gasteiger partial charge on any atom is -0.483 e. The molecule has 0 aliphatic rings. The molecule has 2 aromatic carbocycles. The number of hydrogen-bond donors (Lipinski definition) is 1. The maximum absolute atomic E-state index is 12.5. The molecule has 0 aliphatic carbocycles. The zero-order valence-corrected chi connectivity index (χ0v) is 15.2. The van der Waals surface area contributed by atoms with Crippen molar-refractivity contribution in [3.63, 3.8) is 0 Å². The van der Waals surface area contributed by atoms with E-state index in [9.17, 15) is 4.79 Å². The lowest BCUT2D eigenvalue weighted by molar-refractivity contribution is -0.123. The second-order valence-corrected chi connectivity index (χ2v) is 6.89. The summed E-state index contributed by atoms with van der Waals surface area (Å²) in [5.41, 5.74) is 3.27. The minimum absolute atomic E-state index is 0.000990. The van der Waals surface area contributed by atoms with Crippen LogP contribution in [0.1, 0.15) is 27.6 Å². The first-order valence-electron chi connectivity index (χ1n) is 8.22. The van der Waals surface area contributed by atoms with E-state index in [1.807, 2.05) is 79.9 Å². The number of benzene rings is 2. The molecule has 1 unspecified atom stereocenters. The lowest BCUT2D eigenvalue weighted by atomic mass is 10.1. The first-order chi connectivity index (χ1) is 12.1. The number of aryl methyl sites for hydroxylation is 1. The molecule has 0 radical (unpaired) electrons. The molecule has 3 aromatic rings. The van der Waals surface area contributed by atoms with Gasteiger partial charge in [0.25, 0.3) is 5.91 Å². The second-order valence-electron chi connectivity index (χ2n) is 5.91. The Labute approximate surface area is 152 Å². The summed E-state index contributed by atoms with van der Waals surface area (Å²) in [5, 5.41) is 5.10. The van der Waals surface area contributed by atoms with Gasteiger partial charge < -0.3 is 10.1 Å². The van der Waals surface area contributed by atoms with Crippen LogP contribution < -0.4 is 10.1 Å². The number of ether oxygens (including phenoxy) is 1. The maximum Gasteiger partial charge on any atom is 0.258 e. The number of rotatable bonds is 6. The normalized spacial score (nSPS) is 11.8. The molecule has 0 saturated heterocycles. The van der Waals surface area contributed by atoms with Gasteiger partial charge in [0.1, 0.15) is 5.75 Å². The van der Waals surface area contributed by atoms with Crippen molar-refractivity contribution in [2.45, 2.75) is 19.9 Å². The smallest absolute Gasteiger partial charge is 0.258 e. The predicted molar refractivity (Wildman–Crippen MR) is 102 cm³/mol. The van der Waals surface area contributed by atoms with Crippen LogP contribution in [-0.2, 0) is 4.79 Å². The van der Waals surface area contributed by atoms with Crippen LogP contribution in [0.4, 0.5) is 0 Å². The summed E-state index contributed by atoms with van der Waals surface area (Å²) in [4.78, 5) is 13.6. The SMILES string of the molecule is Cc1cccc(OCC(=O)NC(c2ccccc2)c2cccs2)c1C. The molecule has 3 rings (SSSR count). The van der Waals surface area contributed by atoms with Gasteiger partial charge in [-0.05, 0) is 48.1 Å². The van der Waals surface area contributed by atoms with Crippen molar-refractivity contribution in [3.05, 3.63) is 87.6 Å². The maximum atomic E-state index is 12.5. The average molecular weight is 351 g/mol. The van der Waals surface area contributed by atoms with Crippen LogP contribution in [0, 0.1) is 13.8 Å². The third kappa shape index (κ3) is 4.28. The van der Waals surface area contributed by atoms with E-state index < -0.39 is 0 Å². The summed E-state index contributed by atoms with van der Waals surface area (Å²) >= 11 is 1.63. The van der Waals surface area contributed by atoms with Gasteiger partial charge in [0.2, 0.25) is 0 Å². The lowest BCUT2D eigenvalue weighted by Crippen LogP contribution is -2.33.